The maximum atomic E-state index is 13.0. The van der Waals surface area contributed by atoms with E-state index < -0.39 is 0 Å². The van der Waals surface area contributed by atoms with Crippen LogP contribution in [0, 0.1) is 17.3 Å². The Kier molecular flexibility index (Phi) is 7.01. The normalized spacial score (nSPS) is 35.7. The van der Waals surface area contributed by atoms with Crippen LogP contribution in [0.3, 0.4) is 0 Å². The van der Waals surface area contributed by atoms with Crippen LogP contribution in [-0.4, -0.2) is 44.5 Å². The number of esters is 1. The molecule has 1 aromatic carbocycles. The molecule has 3 fully saturated rings. The zero-order valence-electron chi connectivity index (χ0n) is 23.0. The maximum Gasteiger partial charge on any atom is 0.310 e. The summed E-state index contributed by atoms with van der Waals surface area (Å²) in [5.41, 5.74) is 4.68. The lowest BCUT2D eigenvalue weighted by Gasteiger charge is -2.46. The molecule has 0 aromatic heterocycles. The Balaban J connectivity index is 1.25. The number of carbonyl (C=O) groups is 1. The molecule has 5 atom stereocenters. The van der Waals surface area contributed by atoms with Crippen molar-refractivity contribution in [3.8, 4) is 5.75 Å². The van der Waals surface area contributed by atoms with E-state index >= 15 is 0 Å². The van der Waals surface area contributed by atoms with E-state index in [-0.39, 0.29) is 34.4 Å². The van der Waals surface area contributed by atoms with Crippen molar-refractivity contribution in [3.05, 3.63) is 41.0 Å². The molecule has 4 aliphatic rings. The molecule has 5 nitrogen and oxygen atoms in total. The summed E-state index contributed by atoms with van der Waals surface area (Å²) in [6, 6.07) is 8.58. The molecular formula is C31H45NO4. The Morgan fingerprint density at radius 3 is 2.64 bits per heavy atom. The van der Waals surface area contributed by atoms with E-state index in [1.165, 1.54) is 24.8 Å². The number of allylic oxidation sites excluding steroid dienone is 2. The number of nitrogens with one attached hydrogen (secondary N) is 1. The number of ether oxygens (including phenoxy) is 3. The molecule has 1 N–H and O–H groups in total. The van der Waals surface area contributed by atoms with Crippen LogP contribution in [0.5, 0.6) is 5.75 Å². The van der Waals surface area contributed by atoms with Crippen LogP contribution < -0.4 is 10.1 Å². The summed E-state index contributed by atoms with van der Waals surface area (Å²) in [6.45, 7) is 11.5. The monoisotopic (exact) mass is 495 g/mol. The highest BCUT2D eigenvalue weighted by Crippen LogP contribution is 2.55. The van der Waals surface area contributed by atoms with E-state index in [1.807, 2.05) is 0 Å². The van der Waals surface area contributed by atoms with E-state index in [9.17, 15) is 4.79 Å². The average molecular weight is 496 g/mol. The molecule has 5 heteroatoms. The minimum atomic E-state index is -0.152. The minimum absolute atomic E-state index is 0.00932. The van der Waals surface area contributed by atoms with Gasteiger partial charge in [-0.3, -0.25) is 4.79 Å². The smallest absolute Gasteiger partial charge is 0.310 e. The summed E-state index contributed by atoms with van der Waals surface area (Å²) >= 11 is 0. The van der Waals surface area contributed by atoms with E-state index in [0.717, 1.165) is 51.0 Å². The first-order valence-electron chi connectivity index (χ1n) is 14.0. The third-order valence-corrected chi connectivity index (χ3v) is 9.86. The lowest BCUT2D eigenvalue weighted by atomic mass is 9.59. The van der Waals surface area contributed by atoms with Crippen molar-refractivity contribution in [2.45, 2.75) is 96.2 Å². The predicted octanol–water partition coefficient (Wildman–Crippen LogP) is 5.96. The van der Waals surface area contributed by atoms with Crippen molar-refractivity contribution in [1.82, 2.24) is 5.32 Å². The highest BCUT2D eigenvalue weighted by atomic mass is 16.6. The Bertz CT molecular complexity index is 998. The van der Waals surface area contributed by atoms with Crippen LogP contribution in [0.4, 0.5) is 0 Å². The number of carbonyl (C=O) groups excluding carboxylic acids is 1. The second-order valence-corrected chi connectivity index (χ2v) is 12.8. The van der Waals surface area contributed by atoms with Gasteiger partial charge in [-0.05, 0) is 102 Å². The Morgan fingerprint density at radius 1 is 1.14 bits per heavy atom. The van der Waals surface area contributed by atoms with Gasteiger partial charge in [0.05, 0.1) is 18.6 Å². The largest absolute Gasteiger partial charge is 0.497 e. The minimum Gasteiger partial charge on any atom is -0.497 e. The Hall–Kier alpha value is -1.85. The summed E-state index contributed by atoms with van der Waals surface area (Å²) in [6.07, 6.45) is 8.84. The molecule has 1 saturated carbocycles. The molecule has 0 amide bonds. The predicted molar refractivity (Wildman–Crippen MR) is 142 cm³/mol. The molecule has 36 heavy (non-hydrogen) atoms. The number of methoxy groups -OCH3 is 1. The number of hydrogen-bond acceptors (Lipinski definition) is 5. The molecule has 2 heterocycles. The fraction of sp³-hybridized carbons (Fsp3) is 0.710. The quantitative estimate of drug-likeness (QED) is 0.287. The first kappa shape index (κ1) is 25.8. The van der Waals surface area contributed by atoms with Gasteiger partial charge in [0.2, 0.25) is 0 Å². The van der Waals surface area contributed by atoms with Gasteiger partial charge in [-0.25, -0.2) is 0 Å². The van der Waals surface area contributed by atoms with Crippen LogP contribution >= 0.6 is 0 Å². The third-order valence-electron chi connectivity index (χ3n) is 9.86. The van der Waals surface area contributed by atoms with Crippen molar-refractivity contribution in [3.63, 3.8) is 0 Å². The van der Waals surface area contributed by atoms with E-state index in [2.05, 4.69) is 57.3 Å². The van der Waals surface area contributed by atoms with E-state index in [4.69, 9.17) is 14.2 Å². The highest BCUT2D eigenvalue weighted by Gasteiger charge is 2.52. The van der Waals surface area contributed by atoms with Gasteiger partial charge in [0.25, 0.3) is 0 Å². The van der Waals surface area contributed by atoms with Gasteiger partial charge >= 0.3 is 5.97 Å². The van der Waals surface area contributed by atoms with Crippen molar-refractivity contribution in [2.75, 3.05) is 26.8 Å². The molecule has 0 bridgehead atoms. The zero-order chi connectivity index (χ0) is 25.6. The van der Waals surface area contributed by atoms with Gasteiger partial charge < -0.3 is 19.5 Å². The molecule has 0 unspecified atom stereocenters. The Labute approximate surface area is 217 Å². The fourth-order valence-corrected chi connectivity index (χ4v) is 7.96. The first-order valence-corrected chi connectivity index (χ1v) is 14.0. The van der Waals surface area contributed by atoms with Crippen LogP contribution in [0.15, 0.2) is 35.4 Å². The lowest BCUT2D eigenvalue weighted by molar-refractivity contribution is -0.145. The highest BCUT2D eigenvalue weighted by molar-refractivity contribution is 5.76. The number of fused-ring (bicyclic) bond motifs is 2. The molecule has 2 aliphatic carbocycles. The average Bonchev–Trinajstić information content (AvgIpc) is 3.13. The van der Waals surface area contributed by atoms with Gasteiger partial charge in [0, 0.05) is 24.5 Å². The van der Waals surface area contributed by atoms with Crippen LogP contribution in [-0.2, 0) is 19.7 Å². The van der Waals surface area contributed by atoms with Crippen molar-refractivity contribution in [2.24, 2.45) is 17.3 Å². The van der Waals surface area contributed by atoms with Crippen molar-refractivity contribution < 1.29 is 19.0 Å². The maximum absolute atomic E-state index is 13.0. The van der Waals surface area contributed by atoms with Gasteiger partial charge in [0.15, 0.2) is 0 Å². The Morgan fingerprint density at radius 2 is 1.92 bits per heavy atom. The summed E-state index contributed by atoms with van der Waals surface area (Å²) in [5, 5.41) is 3.69. The SMILES string of the molecule is COc1ccc([C@@]2(CCNC[C@H]3C(=O)O[C@@H]4C[C@@]5(C)CCCC(C)=C5C[C@H]43)CCOC(C)(C)C2)cc1. The molecular weight excluding hydrogens is 450 g/mol. The first-order chi connectivity index (χ1) is 17.1. The molecule has 0 radical (unpaired) electrons. The molecule has 0 spiro atoms. The van der Waals surface area contributed by atoms with Crippen molar-refractivity contribution in [1.29, 1.82) is 0 Å². The third kappa shape index (κ3) is 4.86. The van der Waals surface area contributed by atoms with Crippen LogP contribution in [0.25, 0.3) is 0 Å². The number of rotatable bonds is 7. The molecule has 198 valence electrons. The van der Waals surface area contributed by atoms with Gasteiger partial charge in [-0.1, -0.05) is 30.2 Å². The van der Waals surface area contributed by atoms with Gasteiger partial charge in [0.1, 0.15) is 11.9 Å². The van der Waals surface area contributed by atoms with Gasteiger partial charge in [-0.2, -0.15) is 0 Å². The molecule has 5 rings (SSSR count). The summed E-state index contributed by atoms with van der Waals surface area (Å²) in [5.74, 6) is 1.18. The molecule has 1 aromatic rings. The number of hydrogen-bond donors (Lipinski definition) is 1. The van der Waals surface area contributed by atoms with E-state index in [1.54, 1.807) is 18.3 Å². The van der Waals surface area contributed by atoms with E-state index in [0.29, 0.717) is 12.5 Å². The van der Waals surface area contributed by atoms with Gasteiger partial charge in [-0.15, -0.1) is 0 Å². The van der Waals surface area contributed by atoms with Crippen LogP contribution in [0.2, 0.25) is 0 Å². The summed E-state index contributed by atoms with van der Waals surface area (Å²) in [7, 11) is 1.71. The van der Waals surface area contributed by atoms with Crippen molar-refractivity contribution >= 4 is 5.97 Å². The lowest BCUT2D eigenvalue weighted by Crippen LogP contribution is -2.46. The topological polar surface area (TPSA) is 56.8 Å². The number of benzene rings is 1. The molecule has 2 saturated heterocycles. The fourth-order valence-electron chi connectivity index (χ4n) is 7.96. The zero-order valence-corrected chi connectivity index (χ0v) is 23.0. The second-order valence-electron chi connectivity index (χ2n) is 12.8. The standard InChI is InChI=1S/C31H45NO4/c1-21-7-6-12-30(4)18-27-24(17-26(21)30)25(28(33)36-27)19-32-15-13-31(14-16-35-29(2,3)20-31)22-8-10-23(34-5)11-9-22/h8-11,24-25,27,32H,6-7,12-20H2,1-5H3/t24-,25+,27+,30+,31-/m0/s1. The summed E-state index contributed by atoms with van der Waals surface area (Å²) in [4.78, 5) is 13.0. The second kappa shape index (κ2) is 9.79. The summed E-state index contributed by atoms with van der Waals surface area (Å²) < 4.78 is 17.5. The van der Waals surface area contributed by atoms with Crippen LogP contribution in [0.1, 0.15) is 84.6 Å². The molecule has 2 aliphatic heterocycles.